The van der Waals surface area contributed by atoms with Gasteiger partial charge >= 0.3 is 0 Å². The number of para-hydroxylation sites is 1. The number of fused-ring (bicyclic) bond motifs is 1. The average Bonchev–Trinajstić information content (AvgIpc) is 3.19. The summed E-state index contributed by atoms with van der Waals surface area (Å²) < 4.78 is 11.2. The molecule has 1 aliphatic heterocycles. The second-order valence-electron chi connectivity index (χ2n) is 7.16. The van der Waals surface area contributed by atoms with Gasteiger partial charge in [0.05, 0.1) is 19.2 Å². The van der Waals surface area contributed by atoms with Crippen LogP contribution < -0.4 is 4.74 Å². The van der Waals surface area contributed by atoms with E-state index in [0.29, 0.717) is 26.3 Å². The van der Waals surface area contributed by atoms with Crippen LogP contribution in [0.15, 0.2) is 35.7 Å². The molecule has 0 N–H and O–H groups in total. The first-order valence-corrected chi connectivity index (χ1v) is 10.7. The summed E-state index contributed by atoms with van der Waals surface area (Å²) in [6.45, 7) is 5.37. The molecule has 0 bridgehead atoms. The molecule has 2 amide bonds. The van der Waals surface area contributed by atoms with E-state index in [9.17, 15) is 9.59 Å². The Morgan fingerprint density at radius 1 is 1.28 bits per heavy atom. The van der Waals surface area contributed by atoms with Gasteiger partial charge in [0.1, 0.15) is 12.4 Å². The fraction of sp³-hybridized carbons (Fsp3) is 0.455. The highest BCUT2D eigenvalue weighted by atomic mass is 32.1. The third-order valence-electron chi connectivity index (χ3n) is 5.24. The fourth-order valence-corrected chi connectivity index (χ4v) is 4.49. The molecule has 1 atom stereocenters. The van der Waals surface area contributed by atoms with Crippen molar-refractivity contribution < 1.29 is 19.1 Å². The van der Waals surface area contributed by atoms with Gasteiger partial charge in [-0.25, -0.2) is 0 Å². The summed E-state index contributed by atoms with van der Waals surface area (Å²) in [5, 5.41) is 2.07. The normalized spacial score (nSPS) is 15.7. The number of carbonyl (C=O) groups is 2. The van der Waals surface area contributed by atoms with Crippen LogP contribution in [0.4, 0.5) is 0 Å². The van der Waals surface area contributed by atoms with Crippen LogP contribution in [0, 0.1) is 6.92 Å². The number of amides is 2. The Bertz CT molecular complexity index is 851. The van der Waals surface area contributed by atoms with Crippen molar-refractivity contribution in [3.8, 4) is 5.75 Å². The predicted molar refractivity (Wildman–Crippen MR) is 113 cm³/mol. The van der Waals surface area contributed by atoms with E-state index in [4.69, 9.17) is 9.47 Å². The lowest BCUT2D eigenvalue weighted by Gasteiger charge is -2.37. The molecule has 0 saturated heterocycles. The number of carbonyl (C=O) groups excluding carboxylic acids is 2. The zero-order chi connectivity index (χ0) is 20.8. The molecule has 0 fully saturated rings. The number of hydrogen-bond donors (Lipinski definition) is 0. The molecule has 29 heavy (non-hydrogen) atoms. The van der Waals surface area contributed by atoms with Crippen molar-refractivity contribution in [3.63, 3.8) is 0 Å². The van der Waals surface area contributed by atoms with Crippen molar-refractivity contribution in [2.24, 2.45) is 0 Å². The van der Waals surface area contributed by atoms with Crippen molar-refractivity contribution in [2.45, 2.75) is 26.3 Å². The summed E-state index contributed by atoms with van der Waals surface area (Å²) in [7, 11) is 1.59. The molecule has 0 radical (unpaired) electrons. The van der Waals surface area contributed by atoms with Crippen LogP contribution in [0.1, 0.15) is 29.0 Å². The van der Waals surface area contributed by atoms with E-state index < -0.39 is 0 Å². The molecule has 156 valence electrons. The van der Waals surface area contributed by atoms with E-state index >= 15 is 0 Å². The number of methoxy groups -OCH3 is 1. The van der Waals surface area contributed by atoms with E-state index in [1.165, 1.54) is 16.7 Å². The third-order valence-corrected chi connectivity index (χ3v) is 6.24. The Morgan fingerprint density at radius 3 is 2.79 bits per heavy atom. The van der Waals surface area contributed by atoms with Crippen molar-refractivity contribution in [3.05, 3.63) is 51.7 Å². The number of ether oxygens (including phenoxy) is 2. The Kier molecular flexibility index (Phi) is 7.28. The minimum atomic E-state index is -0.159. The number of nitrogens with zero attached hydrogens (tertiary/aromatic N) is 2. The Morgan fingerprint density at radius 2 is 2.07 bits per heavy atom. The molecule has 1 aromatic carbocycles. The number of benzene rings is 1. The van der Waals surface area contributed by atoms with E-state index in [1.54, 1.807) is 18.4 Å². The van der Waals surface area contributed by atoms with Crippen molar-refractivity contribution >= 4 is 23.2 Å². The molecule has 1 aliphatic rings. The first-order chi connectivity index (χ1) is 14.0. The zero-order valence-corrected chi connectivity index (χ0v) is 18.0. The van der Waals surface area contributed by atoms with Gasteiger partial charge in [0.25, 0.3) is 0 Å². The van der Waals surface area contributed by atoms with Crippen LogP contribution in [-0.2, 0) is 20.7 Å². The van der Waals surface area contributed by atoms with Gasteiger partial charge in [0.2, 0.25) is 11.8 Å². The maximum absolute atomic E-state index is 13.1. The number of thiophene rings is 1. The first kappa shape index (κ1) is 21.3. The summed E-state index contributed by atoms with van der Waals surface area (Å²) in [6.07, 6.45) is 0.831. The van der Waals surface area contributed by atoms with Gasteiger partial charge in [-0.05, 0) is 42.0 Å². The van der Waals surface area contributed by atoms with E-state index in [-0.39, 0.29) is 24.4 Å². The minimum absolute atomic E-state index is 0.0546. The molecular weight excluding hydrogens is 388 g/mol. The van der Waals surface area contributed by atoms with Gasteiger partial charge < -0.3 is 19.3 Å². The fourth-order valence-electron chi connectivity index (χ4n) is 3.57. The van der Waals surface area contributed by atoms with Gasteiger partial charge in [-0.1, -0.05) is 18.2 Å². The number of rotatable bonds is 8. The summed E-state index contributed by atoms with van der Waals surface area (Å²) in [5.41, 5.74) is 2.21. The lowest BCUT2D eigenvalue weighted by molar-refractivity contribution is -0.142. The van der Waals surface area contributed by atoms with Crippen LogP contribution in [-0.4, -0.2) is 61.6 Å². The van der Waals surface area contributed by atoms with E-state index in [1.807, 2.05) is 36.1 Å². The Labute approximate surface area is 176 Å². The summed E-state index contributed by atoms with van der Waals surface area (Å²) >= 11 is 1.72. The van der Waals surface area contributed by atoms with Gasteiger partial charge in [0.15, 0.2) is 0 Å². The minimum Gasteiger partial charge on any atom is -0.491 e. The van der Waals surface area contributed by atoms with Crippen LogP contribution in [0.25, 0.3) is 0 Å². The Balaban J connectivity index is 1.76. The molecule has 2 heterocycles. The van der Waals surface area contributed by atoms with Crippen molar-refractivity contribution in [1.82, 2.24) is 9.80 Å². The maximum atomic E-state index is 13.1. The predicted octanol–water partition coefficient (Wildman–Crippen LogP) is 3.06. The number of hydrogen-bond acceptors (Lipinski definition) is 5. The standard InChI is InChI=1S/C22H28N2O4S/c1-16-6-4-5-7-20(16)28-15-19-18-9-13-29-21(18)8-10-24(19)22(26)14-23(17(2)25)11-12-27-3/h4-7,9,13,19H,8,10-12,14-15H2,1-3H3/t19-/m0/s1. The highest BCUT2D eigenvalue weighted by Gasteiger charge is 2.33. The van der Waals surface area contributed by atoms with E-state index in [0.717, 1.165) is 23.3 Å². The highest BCUT2D eigenvalue weighted by Crippen LogP contribution is 2.34. The highest BCUT2D eigenvalue weighted by molar-refractivity contribution is 7.10. The van der Waals surface area contributed by atoms with Gasteiger partial charge in [-0.15, -0.1) is 11.3 Å². The summed E-state index contributed by atoms with van der Waals surface area (Å²) in [5.74, 6) is 0.635. The zero-order valence-electron chi connectivity index (χ0n) is 17.2. The molecule has 0 unspecified atom stereocenters. The first-order valence-electron chi connectivity index (χ1n) is 9.80. The molecular formula is C22H28N2O4S. The van der Waals surface area contributed by atoms with Crippen molar-refractivity contribution in [2.75, 3.05) is 40.0 Å². The maximum Gasteiger partial charge on any atom is 0.242 e. The molecule has 3 rings (SSSR count). The van der Waals surface area contributed by atoms with Crippen LogP contribution >= 0.6 is 11.3 Å². The lowest BCUT2D eigenvalue weighted by atomic mass is 10.0. The third kappa shape index (κ3) is 5.16. The van der Waals surface area contributed by atoms with Gasteiger partial charge in [0, 0.05) is 32.0 Å². The average molecular weight is 417 g/mol. The van der Waals surface area contributed by atoms with Crippen LogP contribution in [0.5, 0.6) is 5.75 Å². The topological polar surface area (TPSA) is 59.1 Å². The van der Waals surface area contributed by atoms with Gasteiger partial charge in [-0.2, -0.15) is 0 Å². The van der Waals surface area contributed by atoms with E-state index in [2.05, 4.69) is 11.4 Å². The number of aryl methyl sites for hydroxylation is 1. The molecule has 6 nitrogen and oxygen atoms in total. The molecule has 2 aromatic rings. The molecule has 7 heteroatoms. The molecule has 1 aromatic heterocycles. The monoisotopic (exact) mass is 416 g/mol. The molecule has 0 aliphatic carbocycles. The van der Waals surface area contributed by atoms with Crippen LogP contribution in [0.2, 0.25) is 0 Å². The summed E-state index contributed by atoms with van der Waals surface area (Å²) in [4.78, 5) is 29.8. The van der Waals surface area contributed by atoms with Crippen LogP contribution in [0.3, 0.4) is 0 Å². The Hall–Kier alpha value is -2.38. The largest absolute Gasteiger partial charge is 0.491 e. The quantitative estimate of drug-likeness (QED) is 0.664. The molecule has 0 saturated carbocycles. The van der Waals surface area contributed by atoms with Gasteiger partial charge in [-0.3, -0.25) is 9.59 Å². The second kappa shape index (κ2) is 9.89. The lowest BCUT2D eigenvalue weighted by Crippen LogP contribution is -2.48. The SMILES string of the molecule is COCCN(CC(=O)N1CCc2sccc2[C@@H]1COc1ccccc1C)C(C)=O. The van der Waals surface area contributed by atoms with Crippen molar-refractivity contribution in [1.29, 1.82) is 0 Å². The second-order valence-corrected chi connectivity index (χ2v) is 8.16. The summed E-state index contributed by atoms with van der Waals surface area (Å²) in [6, 6.07) is 9.80. The smallest absolute Gasteiger partial charge is 0.242 e. The molecule has 0 spiro atoms.